The third-order valence-electron chi connectivity index (χ3n) is 2.79. The summed E-state index contributed by atoms with van der Waals surface area (Å²) in [7, 11) is 0. The van der Waals surface area contributed by atoms with Crippen molar-refractivity contribution in [2.75, 3.05) is 11.9 Å². The molecule has 6 nitrogen and oxygen atoms in total. The van der Waals surface area contributed by atoms with Gasteiger partial charge in [0, 0.05) is 4.88 Å². The number of para-hydroxylation sites is 1. The second-order valence-corrected chi connectivity index (χ2v) is 5.64. The van der Waals surface area contributed by atoms with E-state index in [0.717, 1.165) is 0 Å². The smallest absolute Gasteiger partial charge is 0.308 e. The molecule has 2 aromatic rings. The largest absolute Gasteiger partial charge is 0.493 e. The molecule has 0 radical (unpaired) electrons. The number of ether oxygens (including phenoxy) is 1. The van der Waals surface area contributed by atoms with Gasteiger partial charge >= 0.3 is 5.97 Å². The molecule has 116 valence electrons. The summed E-state index contributed by atoms with van der Waals surface area (Å²) in [5, 5.41) is 11.9. The molecule has 0 fully saturated rings. The zero-order valence-electron chi connectivity index (χ0n) is 12.0. The monoisotopic (exact) mass is 320 g/mol. The number of hydrogen-bond donors (Lipinski definition) is 2. The summed E-state index contributed by atoms with van der Waals surface area (Å²) in [5.74, 6) is -0.420. The van der Waals surface area contributed by atoms with Crippen LogP contribution in [0.1, 0.15) is 17.0 Å². The lowest BCUT2D eigenvalue weighted by atomic mass is 10.3. The maximum Gasteiger partial charge on any atom is 0.308 e. The molecule has 1 aromatic heterocycles. The number of amides is 1. The van der Waals surface area contributed by atoms with Gasteiger partial charge in [0.2, 0.25) is 5.91 Å². The van der Waals surface area contributed by atoms with Crippen molar-refractivity contribution in [2.45, 2.75) is 19.8 Å². The first kappa shape index (κ1) is 16.0. The van der Waals surface area contributed by atoms with Crippen LogP contribution in [0.2, 0.25) is 0 Å². The first-order valence-corrected chi connectivity index (χ1v) is 7.52. The van der Waals surface area contributed by atoms with E-state index < -0.39 is 5.97 Å². The lowest BCUT2D eigenvalue weighted by Gasteiger charge is -2.05. The van der Waals surface area contributed by atoms with E-state index in [-0.39, 0.29) is 25.4 Å². The molecule has 22 heavy (non-hydrogen) atoms. The number of carboxylic acid groups (broad SMARTS) is 1. The minimum Gasteiger partial charge on any atom is -0.493 e. The number of thiazole rings is 1. The number of benzene rings is 1. The Hall–Kier alpha value is -2.41. The molecule has 0 unspecified atom stereocenters. The number of carboxylic acids is 1. The molecule has 0 saturated heterocycles. The average Bonchev–Trinajstić information content (AvgIpc) is 2.79. The summed E-state index contributed by atoms with van der Waals surface area (Å²) in [6.07, 6.45) is 0.109. The summed E-state index contributed by atoms with van der Waals surface area (Å²) in [6.45, 7) is 1.99. The molecular weight excluding hydrogens is 304 g/mol. The molecule has 0 saturated carbocycles. The Balaban J connectivity index is 1.80. The van der Waals surface area contributed by atoms with E-state index in [1.165, 1.54) is 11.3 Å². The fourth-order valence-electron chi connectivity index (χ4n) is 1.74. The van der Waals surface area contributed by atoms with Gasteiger partial charge in [0.1, 0.15) is 5.75 Å². The number of anilines is 1. The van der Waals surface area contributed by atoms with Crippen molar-refractivity contribution < 1.29 is 19.4 Å². The van der Waals surface area contributed by atoms with E-state index in [1.807, 2.05) is 30.3 Å². The summed E-state index contributed by atoms with van der Waals surface area (Å²) in [4.78, 5) is 27.3. The maximum atomic E-state index is 11.8. The fraction of sp³-hybridized carbons (Fsp3) is 0.267. The third-order valence-corrected chi connectivity index (χ3v) is 3.86. The van der Waals surface area contributed by atoms with Crippen LogP contribution in [-0.2, 0) is 16.0 Å². The van der Waals surface area contributed by atoms with Crippen LogP contribution < -0.4 is 10.1 Å². The predicted octanol–water partition coefficient (Wildman–Crippen LogP) is 2.49. The number of carbonyl (C=O) groups is 2. The molecule has 2 N–H and O–H groups in total. The van der Waals surface area contributed by atoms with E-state index >= 15 is 0 Å². The zero-order chi connectivity index (χ0) is 15.9. The second kappa shape index (κ2) is 7.56. The first-order valence-electron chi connectivity index (χ1n) is 6.70. The Morgan fingerprint density at radius 2 is 2.05 bits per heavy atom. The van der Waals surface area contributed by atoms with Crippen LogP contribution in [0.15, 0.2) is 30.3 Å². The van der Waals surface area contributed by atoms with Gasteiger partial charge in [-0.05, 0) is 19.1 Å². The standard InChI is InChI=1S/C15H16N2O4S/c1-10-12(9-14(19)20)22-15(16-10)17-13(18)7-8-21-11-5-3-2-4-6-11/h2-6H,7-9H2,1H3,(H,19,20)(H,16,17,18). The van der Waals surface area contributed by atoms with Crippen molar-refractivity contribution in [3.05, 3.63) is 40.9 Å². The number of aromatic nitrogens is 1. The van der Waals surface area contributed by atoms with Crippen molar-refractivity contribution in [3.8, 4) is 5.75 Å². The van der Waals surface area contributed by atoms with E-state index in [1.54, 1.807) is 6.92 Å². The first-order chi connectivity index (χ1) is 10.5. The lowest BCUT2D eigenvalue weighted by molar-refractivity contribution is -0.136. The molecule has 1 heterocycles. The number of nitrogens with one attached hydrogen (secondary N) is 1. The maximum absolute atomic E-state index is 11.8. The highest BCUT2D eigenvalue weighted by Crippen LogP contribution is 2.23. The van der Waals surface area contributed by atoms with Gasteiger partial charge in [-0.15, -0.1) is 11.3 Å². The molecule has 0 aliphatic carbocycles. The van der Waals surface area contributed by atoms with Crippen molar-refractivity contribution in [2.24, 2.45) is 0 Å². The highest BCUT2D eigenvalue weighted by molar-refractivity contribution is 7.16. The Morgan fingerprint density at radius 3 is 2.73 bits per heavy atom. The molecule has 1 amide bonds. The Morgan fingerprint density at radius 1 is 1.32 bits per heavy atom. The molecular formula is C15H16N2O4S. The third kappa shape index (κ3) is 4.85. The zero-order valence-corrected chi connectivity index (χ0v) is 12.9. The van der Waals surface area contributed by atoms with Crippen LogP contribution in [0.4, 0.5) is 5.13 Å². The van der Waals surface area contributed by atoms with Gasteiger partial charge in [-0.3, -0.25) is 9.59 Å². The molecule has 0 aliphatic rings. The van der Waals surface area contributed by atoms with Crippen LogP contribution in [0, 0.1) is 6.92 Å². The van der Waals surface area contributed by atoms with Crippen molar-refractivity contribution in [1.82, 2.24) is 4.98 Å². The molecule has 0 bridgehead atoms. The lowest BCUT2D eigenvalue weighted by Crippen LogP contribution is -2.15. The molecule has 0 spiro atoms. The Bertz CT molecular complexity index is 655. The summed E-state index contributed by atoms with van der Waals surface area (Å²) in [5.41, 5.74) is 0.628. The van der Waals surface area contributed by atoms with Crippen molar-refractivity contribution in [1.29, 1.82) is 0 Å². The summed E-state index contributed by atoms with van der Waals surface area (Å²) < 4.78 is 5.44. The molecule has 0 atom stereocenters. The summed E-state index contributed by atoms with van der Waals surface area (Å²) >= 11 is 1.18. The van der Waals surface area contributed by atoms with Crippen molar-refractivity contribution >= 4 is 28.3 Å². The second-order valence-electron chi connectivity index (χ2n) is 4.56. The highest BCUT2D eigenvalue weighted by atomic mass is 32.1. The van der Waals surface area contributed by atoms with Crippen LogP contribution in [0.3, 0.4) is 0 Å². The van der Waals surface area contributed by atoms with E-state index in [9.17, 15) is 9.59 Å². The van der Waals surface area contributed by atoms with Gasteiger partial charge in [0.25, 0.3) is 0 Å². The van der Waals surface area contributed by atoms with Gasteiger partial charge < -0.3 is 15.2 Å². The minimum atomic E-state index is -0.916. The quantitative estimate of drug-likeness (QED) is 0.818. The number of rotatable bonds is 7. The van der Waals surface area contributed by atoms with Crippen LogP contribution in [0.25, 0.3) is 0 Å². The normalized spacial score (nSPS) is 10.2. The van der Waals surface area contributed by atoms with E-state index in [2.05, 4.69) is 10.3 Å². The topological polar surface area (TPSA) is 88.5 Å². The SMILES string of the molecule is Cc1nc(NC(=O)CCOc2ccccc2)sc1CC(=O)O. The van der Waals surface area contributed by atoms with E-state index in [4.69, 9.17) is 9.84 Å². The Kier molecular flexibility index (Phi) is 5.48. The molecule has 0 aliphatic heterocycles. The number of nitrogens with zero attached hydrogens (tertiary/aromatic N) is 1. The minimum absolute atomic E-state index is 0.0868. The van der Waals surface area contributed by atoms with Crippen molar-refractivity contribution in [3.63, 3.8) is 0 Å². The molecule has 2 rings (SSSR count). The van der Waals surface area contributed by atoms with Gasteiger partial charge in [-0.2, -0.15) is 0 Å². The van der Waals surface area contributed by atoms with E-state index in [0.29, 0.717) is 21.5 Å². The van der Waals surface area contributed by atoms with Crippen LogP contribution in [0.5, 0.6) is 5.75 Å². The number of carbonyl (C=O) groups excluding carboxylic acids is 1. The predicted molar refractivity (Wildman–Crippen MR) is 83.4 cm³/mol. The fourth-order valence-corrected chi connectivity index (χ4v) is 2.71. The number of aliphatic carboxylic acids is 1. The Labute approximate surface area is 131 Å². The van der Waals surface area contributed by atoms with Gasteiger partial charge in [0.05, 0.1) is 25.1 Å². The van der Waals surface area contributed by atoms with Gasteiger partial charge in [0.15, 0.2) is 5.13 Å². The van der Waals surface area contributed by atoms with Crippen LogP contribution >= 0.6 is 11.3 Å². The average molecular weight is 320 g/mol. The van der Waals surface area contributed by atoms with Crippen LogP contribution in [-0.4, -0.2) is 28.6 Å². The summed E-state index contributed by atoms with van der Waals surface area (Å²) in [6, 6.07) is 9.25. The highest BCUT2D eigenvalue weighted by Gasteiger charge is 2.12. The van der Waals surface area contributed by atoms with Gasteiger partial charge in [-0.1, -0.05) is 18.2 Å². The number of aryl methyl sites for hydroxylation is 1. The van der Waals surface area contributed by atoms with Gasteiger partial charge in [-0.25, -0.2) is 4.98 Å². The molecule has 7 heteroatoms. The molecule has 1 aromatic carbocycles. The number of hydrogen-bond acceptors (Lipinski definition) is 5.